The maximum Gasteiger partial charge on any atom is 0.208 e. The molecule has 1 rings (SSSR count). The van der Waals surface area contributed by atoms with Gasteiger partial charge in [0.2, 0.25) is 5.89 Å². The van der Waals surface area contributed by atoms with Crippen molar-refractivity contribution in [3.05, 3.63) is 17.3 Å². The lowest BCUT2D eigenvalue weighted by Gasteiger charge is -2.21. The molecule has 1 N–H and O–H groups in total. The summed E-state index contributed by atoms with van der Waals surface area (Å²) in [5.74, 6) is 3.17. The van der Waals surface area contributed by atoms with Gasteiger partial charge < -0.3 is 9.73 Å². The molecule has 104 valence electrons. The number of aromatic nitrogens is 1. The van der Waals surface area contributed by atoms with Crippen LogP contribution in [-0.4, -0.2) is 11.0 Å². The fraction of sp³-hybridized carbons (Fsp3) is 0.800. The number of nitrogens with zero attached hydrogens (tertiary/aromatic N) is 1. The quantitative estimate of drug-likeness (QED) is 0.801. The Morgan fingerprint density at radius 2 is 1.61 bits per heavy atom. The summed E-state index contributed by atoms with van der Waals surface area (Å²) < 4.78 is 5.60. The molecular formula is C15H28N2O. The van der Waals surface area contributed by atoms with Crippen LogP contribution in [0.25, 0.3) is 0 Å². The summed E-state index contributed by atoms with van der Waals surface area (Å²) >= 11 is 0. The van der Waals surface area contributed by atoms with Crippen LogP contribution in [0.5, 0.6) is 0 Å². The molecule has 3 nitrogen and oxygen atoms in total. The molecule has 3 heteroatoms. The zero-order valence-electron chi connectivity index (χ0n) is 12.7. The molecule has 0 aliphatic heterocycles. The lowest BCUT2D eigenvalue weighted by molar-refractivity contribution is 0.339. The van der Waals surface area contributed by atoms with Crippen LogP contribution in [0.1, 0.15) is 57.9 Å². The molecule has 0 atom stereocenters. The van der Waals surface area contributed by atoms with Crippen molar-refractivity contribution in [1.29, 1.82) is 0 Å². The highest BCUT2D eigenvalue weighted by atomic mass is 16.4. The van der Waals surface area contributed by atoms with Crippen LogP contribution in [0.3, 0.4) is 0 Å². The number of hydrogen-bond acceptors (Lipinski definition) is 3. The first-order chi connectivity index (χ1) is 8.38. The number of hydrogen-bond donors (Lipinski definition) is 1. The smallest absolute Gasteiger partial charge is 0.208 e. The van der Waals surface area contributed by atoms with Crippen LogP contribution in [0, 0.1) is 25.7 Å². The molecule has 0 amide bonds. The normalized spacial score (nSPS) is 12.1. The van der Waals surface area contributed by atoms with Crippen molar-refractivity contribution in [1.82, 2.24) is 10.3 Å². The van der Waals surface area contributed by atoms with Gasteiger partial charge in [-0.05, 0) is 38.5 Å². The zero-order valence-corrected chi connectivity index (χ0v) is 12.7. The number of nitrogens with one attached hydrogen (secondary N) is 1. The third kappa shape index (κ3) is 5.21. The minimum absolute atomic E-state index is 0.553. The molecule has 0 bridgehead atoms. The van der Waals surface area contributed by atoms with Crippen molar-refractivity contribution in [2.45, 2.75) is 67.0 Å². The molecule has 0 aromatic carbocycles. The third-order valence-corrected chi connectivity index (χ3v) is 3.13. The first-order valence-corrected chi connectivity index (χ1v) is 7.04. The molecule has 1 heterocycles. The number of oxazole rings is 1. The summed E-state index contributed by atoms with van der Waals surface area (Å²) in [5.41, 5.74) is 0.996. The van der Waals surface area contributed by atoms with E-state index in [9.17, 15) is 0 Å². The Hall–Kier alpha value is -0.830. The summed E-state index contributed by atoms with van der Waals surface area (Å²) in [6.45, 7) is 13.8. The Morgan fingerprint density at radius 3 is 2.00 bits per heavy atom. The van der Waals surface area contributed by atoms with Crippen LogP contribution in [0.4, 0.5) is 0 Å². The number of rotatable bonds is 7. The maximum absolute atomic E-state index is 5.60. The van der Waals surface area contributed by atoms with Gasteiger partial charge in [-0.15, -0.1) is 0 Å². The highest BCUT2D eigenvalue weighted by Gasteiger charge is 2.14. The third-order valence-electron chi connectivity index (χ3n) is 3.13. The minimum Gasteiger partial charge on any atom is -0.444 e. The molecular weight excluding hydrogens is 224 g/mol. The summed E-state index contributed by atoms with van der Waals surface area (Å²) in [6.07, 6.45) is 2.41. The summed E-state index contributed by atoms with van der Waals surface area (Å²) in [7, 11) is 0. The second-order valence-electron chi connectivity index (χ2n) is 6.09. The van der Waals surface area contributed by atoms with Crippen LogP contribution in [0.2, 0.25) is 0 Å². The predicted molar refractivity (Wildman–Crippen MR) is 75.5 cm³/mol. The van der Waals surface area contributed by atoms with Crippen molar-refractivity contribution in [3.63, 3.8) is 0 Å². The van der Waals surface area contributed by atoms with Crippen LogP contribution in [0.15, 0.2) is 4.42 Å². The van der Waals surface area contributed by atoms with E-state index in [0.717, 1.165) is 23.9 Å². The van der Waals surface area contributed by atoms with E-state index in [4.69, 9.17) is 4.42 Å². The molecule has 18 heavy (non-hydrogen) atoms. The van der Waals surface area contributed by atoms with Gasteiger partial charge in [0.15, 0.2) is 0 Å². The summed E-state index contributed by atoms with van der Waals surface area (Å²) in [6, 6.07) is 0.553. The van der Waals surface area contributed by atoms with Crippen LogP contribution >= 0.6 is 0 Å². The SMILES string of the molecule is Cc1nc(CNC(CC(C)C)CC(C)C)oc1C. The van der Waals surface area contributed by atoms with E-state index >= 15 is 0 Å². The summed E-state index contributed by atoms with van der Waals surface area (Å²) in [4.78, 5) is 4.41. The number of aryl methyl sites for hydroxylation is 2. The Labute approximate surface area is 111 Å². The van der Waals surface area contributed by atoms with Gasteiger partial charge in [0.25, 0.3) is 0 Å². The van der Waals surface area contributed by atoms with Gasteiger partial charge >= 0.3 is 0 Å². The minimum atomic E-state index is 0.553. The zero-order chi connectivity index (χ0) is 13.7. The van der Waals surface area contributed by atoms with Crippen LogP contribution < -0.4 is 5.32 Å². The Bertz CT molecular complexity index is 326. The van der Waals surface area contributed by atoms with E-state index < -0.39 is 0 Å². The predicted octanol–water partition coefficient (Wildman–Crippen LogP) is 3.84. The van der Waals surface area contributed by atoms with Gasteiger partial charge in [-0.1, -0.05) is 27.7 Å². The molecule has 0 saturated heterocycles. The molecule has 0 saturated carbocycles. The largest absolute Gasteiger partial charge is 0.444 e. The van der Waals surface area contributed by atoms with E-state index in [1.54, 1.807) is 0 Å². The fourth-order valence-electron chi connectivity index (χ4n) is 2.25. The van der Waals surface area contributed by atoms with E-state index in [0.29, 0.717) is 17.9 Å². The molecule has 0 aliphatic rings. The van der Waals surface area contributed by atoms with E-state index in [1.807, 2.05) is 13.8 Å². The average molecular weight is 252 g/mol. The van der Waals surface area contributed by atoms with Crippen molar-refractivity contribution >= 4 is 0 Å². The van der Waals surface area contributed by atoms with Gasteiger partial charge in [0.05, 0.1) is 12.2 Å². The second-order valence-corrected chi connectivity index (χ2v) is 6.09. The van der Waals surface area contributed by atoms with Gasteiger partial charge in [0, 0.05) is 6.04 Å². The summed E-state index contributed by atoms with van der Waals surface area (Å²) in [5, 5.41) is 3.58. The average Bonchev–Trinajstić information content (AvgIpc) is 2.53. The van der Waals surface area contributed by atoms with Gasteiger partial charge in [-0.3, -0.25) is 0 Å². The monoisotopic (exact) mass is 252 g/mol. The van der Waals surface area contributed by atoms with Gasteiger partial charge in [0.1, 0.15) is 5.76 Å². The first kappa shape index (κ1) is 15.2. The molecule has 0 spiro atoms. The van der Waals surface area contributed by atoms with Gasteiger partial charge in [-0.2, -0.15) is 0 Å². The topological polar surface area (TPSA) is 38.1 Å². The molecule has 0 unspecified atom stereocenters. The molecule has 0 radical (unpaired) electrons. The Kier molecular flexibility index (Phi) is 5.86. The van der Waals surface area contributed by atoms with Crippen LogP contribution in [-0.2, 0) is 6.54 Å². The lowest BCUT2D eigenvalue weighted by atomic mass is 9.96. The highest BCUT2D eigenvalue weighted by Crippen LogP contribution is 2.14. The first-order valence-electron chi connectivity index (χ1n) is 7.04. The Morgan fingerprint density at radius 1 is 1.06 bits per heavy atom. The lowest BCUT2D eigenvalue weighted by Crippen LogP contribution is -2.31. The van der Waals surface area contributed by atoms with E-state index in [1.165, 1.54) is 12.8 Å². The van der Waals surface area contributed by atoms with Crippen molar-refractivity contribution in [2.75, 3.05) is 0 Å². The van der Waals surface area contributed by atoms with Crippen molar-refractivity contribution in [2.24, 2.45) is 11.8 Å². The van der Waals surface area contributed by atoms with E-state index in [2.05, 4.69) is 38.0 Å². The van der Waals surface area contributed by atoms with Crippen molar-refractivity contribution < 1.29 is 4.42 Å². The standard InChI is InChI=1S/C15H28N2O/c1-10(2)7-14(8-11(3)4)16-9-15-17-12(5)13(6)18-15/h10-11,14,16H,7-9H2,1-6H3. The fourth-order valence-corrected chi connectivity index (χ4v) is 2.25. The molecule has 0 aliphatic carbocycles. The molecule has 1 aromatic heterocycles. The van der Waals surface area contributed by atoms with Gasteiger partial charge in [-0.25, -0.2) is 4.98 Å². The highest BCUT2D eigenvalue weighted by molar-refractivity contribution is 5.05. The second kappa shape index (κ2) is 6.93. The molecule has 0 fully saturated rings. The maximum atomic E-state index is 5.60. The van der Waals surface area contributed by atoms with Crippen molar-refractivity contribution in [3.8, 4) is 0 Å². The van der Waals surface area contributed by atoms with E-state index in [-0.39, 0.29) is 0 Å². The Balaban J connectivity index is 2.50. The molecule has 1 aromatic rings.